The molecule has 2 N–H and O–H groups in total. The lowest BCUT2D eigenvalue weighted by Crippen LogP contribution is -2.32. The fourth-order valence-corrected chi connectivity index (χ4v) is 7.78. The van der Waals surface area contributed by atoms with Crippen LogP contribution in [-0.2, 0) is 20.7 Å². The standard InChI is InChI=1S/2C21H29NO.2ClH.H2O/c2*1-4-12-20(13-5-1)21(14-6-2-7-15-21)23-19-11-10-18-22-16-8-3-9-17-22;;;/h2*1,4-5,12-13H,2-3,6-9,14-19H2;2*1H;1H2. The lowest BCUT2D eigenvalue weighted by Gasteiger charge is -2.37. The zero-order chi connectivity index (χ0) is 31.6. The normalized spacial score (nSPS) is 20.1. The van der Waals surface area contributed by atoms with Crippen molar-refractivity contribution < 1.29 is 14.9 Å². The largest absolute Gasteiger partial charge is 0.412 e. The zero-order valence-corrected chi connectivity index (χ0v) is 31.4. The molecule has 2 heterocycles. The summed E-state index contributed by atoms with van der Waals surface area (Å²) in [7, 11) is 0. The predicted octanol–water partition coefficient (Wildman–Crippen LogP) is 8.72. The number of hydrogen-bond acceptors (Lipinski definition) is 4. The highest BCUT2D eigenvalue weighted by atomic mass is 35.5. The van der Waals surface area contributed by atoms with Gasteiger partial charge in [-0.1, -0.05) is 136 Å². The third kappa shape index (κ3) is 13.9. The summed E-state index contributed by atoms with van der Waals surface area (Å²) >= 11 is 0. The second-order valence-corrected chi connectivity index (χ2v) is 13.8. The molecule has 0 unspecified atom stereocenters. The molecular weight excluding hydrogens is 651 g/mol. The van der Waals surface area contributed by atoms with Crippen LogP contribution in [0.4, 0.5) is 0 Å². The van der Waals surface area contributed by atoms with E-state index < -0.39 is 0 Å². The van der Waals surface area contributed by atoms with Gasteiger partial charge in [0.2, 0.25) is 0 Å². The minimum Gasteiger partial charge on any atom is -0.412 e. The molecule has 2 aromatic rings. The minimum atomic E-state index is -0.0979. The number of piperidine rings is 2. The maximum atomic E-state index is 6.35. The number of rotatable bonds is 8. The first-order chi connectivity index (χ1) is 22.8. The summed E-state index contributed by atoms with van der Waals surface area (Å²) in [5, 5.41) is 0. The minimum absolute atomic E-state index is 0. The molecule has 0 atom stereocenters. The first-order valence-electron chi connectivity index (χ1n) is 18.5. The Morgan fingerprint density at radius 3 is 1.12 bits per heavy atom. The summed E-state index contributed by atoms with van der Waals surface area (Å²) in [6, 6.07) is 21.5. The first-order valence-corrected chi connectivity index (χ1v) is 18.5. The van der Waals surface area contributed by atoms with Crippen molar-refractivity contribution in [1.29, 1.82) is 0 Å². The van der Waals surface area contributed by atoms with Crippen LogP contribution in [0.5, 0.6) is 0 Å². The van der Waals surface area contributed by atoms with Gasteiger partial charge in [-0.15, -0.1) is 24.8 Å². The van der Waals surface area contributed by atoms with Gasteiger partial charge in [0.15, 0.2) is 0 Å². The van der Waals surface area contributed by atoms with Crippen LogP contribution in [0.15, 0.2) is 60.7 Å². The Kier molecular flexibility index (Phi) is 21.3. The molecule has 0 bridgehead atoms. The molecular formula is C42H62Cl2N2O3. The Morgan fingerprint density at radius 2 is 0.776 bits per heavy atom. The highest BCUT2D eigenvalue weighted by Gasteiger charge is 2.35. The van der Waals surface area contributed by atoms with Gasteiger partial charge >= 0.3 is 0 Å². The third-order valence-electron chi connectivity index (χ3n) is 10.5. The average Bonchev–Trinajstić information content (AvgIpc) is 3.14. The van der Waals surface area contributed by atoms with Crippen LogP contribution in [0.25, 0.3) is 0 Å². The van der Waals surface area contributed by atoms with Gasteiger partial charge in [0.05, 0.1) is 24.3 Å². The van der Waals surface area contributed by atoms with Crippen molar-refractivity contribution in [3.8, 4) is 23.7 Å². The second kappa shape index (κ2) is 24.2. The van der Waals surface area contributed by atoms with Crippen molar-refractivity contribution >= 4 is 24.8 Å². The van der Waals surface area contributed by atoms with Crippen molar-refractivity contribution in [2.24, 2.45) is 0 Å². The monoisotopic (exact) mass is 712 g/mol. The highest BCUT2D eigenvalue weighted by molar-refractivity contribution is 5.85. The van der Waals surface area contributed by atoms with Gasteiger partial charge < -0.3 is 14.9 Å². The van der Waals surface area contributed by atoms with E-state index >= 15 is 0 Å². The van der Waals surface area contributed by atoms with E-state index in [0.717, 1.165) is 38.8 Å². The van der Waals surface area contributed by atoms with E-state index in [1.807, 2.05) is 0 Å². The van der Waals surface area contributed by atoms with Gasteiger partial charge in [0.1, 0.15) is 13.2 Å². The molecule has 2 saturated heterocycles. The number of hydrogen-bond donors (Lipinski definition) is 0. The Bertz CT molecular complexity index is 1150. The number of ether oxygens (including phenoxy) is 2. The second-order valence-electron chi connectivity index (χ2n) is 13.8. The van der Waals surface area contributed by atoms with E-state index in [1.54, 1.807) is 0 Å². The maximum absolute atomic E-state index is 6.35. The SMILES string of the molecule is C(#CCN1CCCCC1)COC1(c2ccccc2)CCCCC1.C(#CCN1CCCCC1)COC1(c2ccccc2)CCCCC1.Cl.Cl.O. The van der Waals surface area contributed by atoms with E-state index in [9.17, 15) is 0 Å². The molecule has 0 amide bonds. The zero-order valence-electron chi connectivity index (χ0n) is 29.8. The molecule has 2 aromatic carbocycles. The molecule has 2 aliphatic carbocycles. The molecule has 6 rings (SSSR count). The third-order valence-corrected chi connectivity index (χ3v) is 10.5. The van der Waals surface area contributed by atoms with Gasteiger partial charge in [-0.3, -0.25) is 9.80 Å². The number of likely N-dealkylation sites (tertiary alicyclic amines) is 2. The topological polar surface area (TPSA) is 56.4 Å². The van der Waals surface area contributed by atoms with Gasteiger partial charge in [-0.05, 0) is 88.7 Å². The van der Waals surface area contributed by atoms with E-state index in [4.69, 9.17) is 9.47 Å². The van der Waals surface area contributed by atoms with Crippen molar-refractivity contribution in [3.05, 3.63) is 71.8 Å². The van der Waals surface area contributed by atoms with Gasteiger partial charge in [-0.25, -0.2) is 0 Å². The summed E-state index contributed by atoms with van der Waals surface area (Å²) in [4.78, 5) is 4.92. The van der Waals surface area contributed by atoms with E-state index in [0.29, 0.717) is 13.2 Å². The van der Waals surface area contributed by atoms with Gasteiger partial charge in [-0.2, -0.15) is 0 Å². The Hall–Kier alpha value is -2.06. The van der Waals surface area contributed by atoms with Gasteiger partial charge in [0, 0.05) is 0 Å². The summed E-state index contributed by atoms with van der Waals surface area (Å²) < 4.78 is 12.7. The van der Waals surface area contributed by atoms with Crippen LogP contribution in [0.3, 0.4) is 0 Å². The summed E-state index contributed by atoms with van der Waals surface area (Å²) in [5.41, 5.74) is 2.47. The molecule has 0 spiro atoms. The molecule has 5 nitrogen and oxygen atoms in total. The summed E-state index contributed by atoms with van der Waals surface area (Å²) in [5.74, 6) is 13.1. The Morgan fingerprint density at radius 1 is 0.449 bits per heavy atom. The van der Waals surface area contributed by atoms with Crippen LogP contribution >= 0.6 is 24.8 Å². The van der Waals surface area contributed by atoms with Crippen molar-refractivity contribution in [3.63, 3.8) is 0 Å². The van der Waals surface area contributed by atoms with Crippen LogP contribution in [-0.4, -0.2) is 67.8 Å². The molecule has 7 heteroatoms. The number of halogens is 2. The lowest BCUT2D eigenvalue weighted by molar-refractivity contribution is -0.0610. The van der Waals surface area contributed by atoms with E-state index in [1.165, 1.54) is 114 Å². The molecule has 4 aliphatic rings. The molecule has 2 saturated carbocycles. The van der Waals surface area contributed by atoms with Crippen molar-refractivity contribution in [2.75, 3.05) is 52.5 Å². The fourth-order valence-electron chi connectivity index (χ4n) is 7.78. The summed E-state index contributed by atoms with van der Waals surface area (Å²) in [6.45, 7) is 7.77. The number of benzene rings is 2. The molecule has 272 valence electrons. The van der Waals surface area contributed by atoms with Crippen molar-refractivity contribution in [1.82, 2.24) is 9.80 Å². The summed E-state index contributed by atoms with van der Waals surface area (Å²) in [6.07, 6.45) is 20.3. The lowest BCUT2D eigenvalue weighted by atomic mass is 9.79. The molecule has 4 fully saturated rings. The fraction of sp³-hybridized carbons (Fsp3) is 0.619. The molecule has 0 aromatic heterocycles. The molecule has 49 heavy (non-hydrogen) atoms. The average molecular weight is 714 g/mol. The van der Waals surface area contributed by atoms with E-state index in [-0.39, 0.29) is 41.5 Å². The molecule has 0 radical (unpaired) electrons. The highest BCUT2D eigenvalue weighted by Crippen LogP contribution is 2.41. The quantitative estimate of drug-likeness (QED) is 0.257. The van der Waals surface area contributed by atoms with Crippen molar-refractivity contribution in [2.45, 2.75) is 114 Å². The van der Waals surface area contributed by atoms with Crippen LogP contribution in [0.1, 0.15) is 114 Å². The smallest absolute Gasteiger partial charge is 0.108 e. The first kappa shape index (κ1) is 43.1. The number of nitrogens with zero attached hydrogens (tertiary/aromatic N) is 2. The Balaban J connectivity index is 0.000000321. The predicted molar refractivity (Wildman–Crippen MR) is 209 cm³/mol. The molecule has 2 aliphatic heterocycles. The maximum Gasteiger partial charge on any atom is 0.108 e. The van der Waals surface area contributed by atoms with Crippen LogP contribution in [0.2, 0.25) is 0 Å². The Labute approximate surface area is 310 Å². The van der Waals surface area contributed by atoms with Gasteiger partial charge in [0.25, 0.3) is 0 Å². The van der Waals surface area contributed by atoms with Crippen LogP contribution < -0.4 is 0 Å². The van der Waals surface area contributed by atoms with E-state index in [2.05, 4.69) is 94.1 Å². The van der Waals surface area contributed by atoms with Crippen LogP contribution in [0, 0.1) is 23.7 Å².